The molecule has 0 saturated heterocycles. The Balaban J connectivity index is 2.11. The highest BCUT2D eigenvalue weighted by molar-refractivity contribution is 5.94. The van der Waals surface area contributed by atoms with Gasteiger partial charge in [-0.3, -0.25) is 9.59 Å². The molecule has 0 saturated carbocycles. The molecule has 0 bridgehead atoms. The number of hydrogen-bond donors (Lipinski definition) is 1. The number of primary amides is 1. The SMILES string of the molecule is CCOc1cccc(C(=O)N(CCC(N)=O)CCc2ccccc2)c1. The highest BCUT2D eigenvalue weighted by Crippen LogP contribution is 2.16. The first kappa shape index (κ1) is 18.5. The summed E-state index contributed by atoms with van der Waals surface area (Å²) in [5, 5.41) is 0. The van der Waals surface area contributed by atoms with Gasteiger partial charge in [0.1, 0.15) is 5.75 Å². The highest BCUT2D eigenvalue weighted by Gasteiger charge is 2.17. The summed E-state index contributed by atoms with van der Waals surface area (Å²) in [6, 6.07) is 17.0. The number of rotatable bonds is 9. The molecular weight excluding hydrogens is 316 g/mol. The Labute approximate surface area is 148 Å². The second-order valence-corrected chi connectivity index (χ2v) is 5.70. The van der Waals surface area contributed by atoms with Gasteiger partial charge in [0, 0.05) is 25.1 Å². The van der Waals surface area contributed by atoms with Gasteiger partial charge in [0.05, 0.1) is 6.61 Å². The van der Waals surface area contributed by atoms with Crippen LogP contribution in [0.25, 0.3) is 0 Å². The molecule has 0 spiro atoms. The van der Waals surface area contributed by atoms with Gasteiger partial charge in [-0.25, -0.2) is 0 Å². The summed E-state index contributed by atoms with van der Waals surface area (Å²) in [6.07, 6.45) is 0.863. The maximum absolute atomic E-state index is 12.9. The highest BCUT2D eigenvalue weighted by atomic mass is 16.5. The molecule has 0 aliphatic rings. The van der Waals surface area contributed by atoms with Crippen molar-refractivity contribution >= 4 is 11.8 Å². The molecule has 2 rings (SSSR count). The summed E-state index contributed by atoms with van der Waals surface area (Å²) in [5.41, 5.74) is 6.94. The number of carbonyl (C=O) groups excluding carboxylic acids is 2. The van der Waals surface area contributed by atoms with E-state index in [0.717, 1.165) is 12.0 Å². The molecule has 0 unspecified atom stereocenters. The zero-order chi connectivity index (χ0) is 18.1. The summed E-state index contributed by atoms with van der Waals surface area (Å²) < 4.78 is 5.46. The standard InChI is InChI=1S/C20H24N2O3/c1-2-25-18-10-6-9-17(15-18)20(24)22(14-12-19(21)23)13-11-16-7-4-3-5-8-16/h3-10,15H,2,11-14H2,1H3,(H2,21,23). The van der Waals surface area contributed by atoms with Crippen molar-refractivity contribution in [3.8, 4) is 5.75 Å². The van der Waals surface area contributed by atoms with Gasteiger partial charge < -0.3 is 15.4 Å². The molecular formula is C20H24N2O3. The van der Waals surface area contributed by atoms with E-state index in [0.29, 0.717) is 31.0 Å². The number of nitrogens with zero attached hydrogens (tertiary/aromatic N) is 1. The molecule has 2 aromatic rings. The molecule has 25 heavy (non-hydrogen) atoms. The van der Waals surface area contributed by atoms with Gasteiger partial charge in [0.2, 0.25) is 5.91 Å². The number of carbonyl (C=O) groups is 2. The van der Waals surface area contributed by atoms with E-state index < -0.39 is 5.91 Å². The summed E-state index contributed by atoms with van der Waals surface area (Å²) >= 11 is 0. The number of hydrogen-bond acceptors (Lipinski definition) is 3. The molecule has 0 aromatic heterocycles. The maximum Gasteiger partial charge on any atom is 0.254 e. The largest absolute Gasteiger partial charge is 0.494 e. The third-order valence-corrected chi connectivity index (χ3v) is 3.82. The molecule has 0 fully saturated rings. The number of amides is 2. The fraction of sp³-hybridized carbons (Fsp3) is 0.300. The van der Waals surface area contributed by atoms with Crippen LogP contribution in [-0.4, -0.2) is 36.4 Å². The molecule has 0 aliphatic carbocycles. The predicted molar refractivity (Wildman–Crippen MR) is 97.5 cm³/mol. The van der Waals surface area contributed by atoms with E-state index in [1.807, 2.05) is 43.3 Å². The second kappa shape index (κ2) is 9.47. The van der Waals surface area contributed by atoms with Crippen LogP contribution < -0.4 is 10.5 Å². The van der Waals surface area contributed by atoms with E-state index in [2.05, 4.69) is 0 Å². The van der Waals surface area contributed by atoms with Crippen LogP contribution in [0.2, 0.25) is 0 Å². The van der Waals surface area contributed by atoms with Crippen molar-refractivity contribution in [3.63, 3.8) is 0 Å². The van der Waals surface area contributed by atoms with Gasteiger partial charge in [-0.2, -0.15) is 0 Å². The molecule has 0 atom stereocenters. The Hall–Kier alpha value is -2.82. The Bertz CT molecular complexity index is 701. The van der Waals surface area contributed by atoms with E-state index in [1.165, 1.54) is 0 Å². The number of nitrogens with two attached hydrogens (primary N) is 1. The van der Waals surface area contributed by atoms with Gasteiger partial charge in [0.15, 0.2) is 0 Å². The van der Waals surface area contributed by atoms with Crippen LogP contribution in [0.5, 0.6) is 5.75 Å². The van der Waals surface area contributed by atoms with Gasteiger partial charge in [-0.15, -0.1) is 0 Å². The van der Waals surface area contributed by atoms with Crippen molar-refractivity contribution in [2.24, 2.45) is 5.73 Å². The second-order valence-electron chi connectivity index (χ2n) is 5.70. The zero-order valence-corrected chi connectivity index (χ0v) is 14.5. The Morgan fingerprint density at radius 2 is 1.80 bits per heavy atom. The Kier molecular flexibility index (Phi) is 7.01. The van der Waals surface area contributed by atoms with Gasteiger partial charge in [-0.1, -0.05) is 36.4 Å². The van der Waals surface area contributed by atoms with E-state index in [-0.39, 0.29) is 12.3 Å². The Morgan fingerprint density at radius 3 is 2.48 bits per heavy atom. The minimum atomic E-state index is -0.416. The third-order valence-electron chi connectivity index (χ3n) is 3.82. The first-order chi connectivity index (χ1) is 12.1. The average molecular weight is 340 g/mol. The maximum atomic E-state index is 12.9. The summed E-state index contributed by atoms with van der Waals surface area (Å²) in [6.45, 7) is 3.26. The minimum Gasteiger partial charge on any atom is -0.494 e. The molecule has 0 aliphatic heterocycles. The first-order valence-electron chi connectivity index (χ1n) is 8.44. The summed E-state index contributed by atoms with van der Waals surface area (Å²) in [7, 11) is 0. The van der Waals surface area contributed by atoms with Crippen molar-refractivity contribution in [3.05, 3.63) is 65.7 Å². The van der Waals surface area contributed by atoms with Crippen LogP contribution in [0.15, 0.2) is 54.6 Å². The molecule has 0 heterocycles. The minimum absolute atomic E-state index is 0.126. The van der Waals surface area contributed by atoms with Crippen molar-refractivity contribution < 1.29 is 14.3 Å². The third kappa shape index (κ3) is 5.95. The lowest BCUT2D eigenvalue weighted by atomic mass is 10.1. The van der Waals surface area contributed by atoms with Gasteiger partial charge >= 0.3 is 0 Å². The van der Waals surface area contributed by atoms with E-state index in [9.17, 15) is 9.59 Å². The first-order valence-corrected chi connectivity index (χ1v) is 8.44. The van der Waals surface area contributed by atoms with Crippen molar-refractivity contribution in [2.75, 3.05) is 19.7 Å². The van der Waals surface area contributed by atoms with Gasteiger partial charge in [-0.05, 0) is 37.1 Å². The summed E-state index contributed by atoms with van der Waals surface area (Å²) in [5.74, 6) is 0.116. The van der Waals surface area contributed by atoms with Crippen LogP contribution in [0.4, 0.5) is 0 Å². The lowest BCUT2D eigenvalue weighted by Crippen LogP contribution is -2.35. The van der Waals surface area contributed by atoms with Crippen LogP contribution in [0.1, 0.15) is 29.3 Å². The van der Waals surface area contributed by atoms with E-state index in [1.54, 1.807) is 23.1 Å². The Morgan fingerprint density at radius 1 is 1.04 bits per heavy atom. The van der Waals surface area contributed by atoms with Crippen molar-refractivity contribution in [2.45, 2.75) is 19.8 Å². The fourth-order valence-electron chi connectivity index (χ4n) is 2.54. The van der Waals surface area contributed by atoms with Crippen LogP contribution >= 0.6 is 0 Å². The number of ether oxygens (including phenoxy) is 1. The van der Waals surface area contributed by atoms with Crippen LogP contribution in [0.3, 0.4) is 0 Å². The van der Waals surface area contributed by atoms with Crippen molar-refractivity contribution in [1.29, 1.82) is 0 Å². The summed E-state index contributed by atoms with van der Waals surface area (Å²) in [4.78, 5) is 25.7. The van der Waals surface area contributed by atoms with Crippen molar-refractivity contribution in [1.82, 2.24) is 4.90 Å². The molecule has 5 nitrogen and oxygen atoms in total. The van der Waals surface area contributed by atoms with Crippen LogP contribution in [-0.2, 0) is 11.2 Å². The lowest BCUT2D eigenvalue weighted by Gasteiger charge is -2.22. The normalized spacial score (nSPS) is 10.3. The average Bonchev–Trinajstić information content (AvgIpc) is 2.62. The van der Waals surface area contributed by atoms with E-state index >= 15 is 0 Å². The topological polar surface area (TPSA) is 72.6 Å². The predicted octanol–water partition coefficient (Wildman–Crippen LogP) is 2.65. The monoisotopic (exact) mass is 340 g/mol. The van der Waals surface area contributed by atoms with Gasteiger partial charge in [0.25, 0.3) is 5.91 Å². The lowest BCUT2D eigenvalue weighted by molar-refractivity contribution is -0.118. The molecule has 2 amide bonds. The molecule has 2 N–H and O–H groups in total. The number of benzene rings is 2. The quantitative estimate of drug-likeness (QED) is 0.763. The zero-order valence-electron chi connectivity index (χ0n) is 14.5. The molecule has 5 heteroatoms. The van der Waals surface area contributed by atoms with Crippen LogP contribution in [0, 0.1) is 0 Å². The smallest absolute Gasteiger partial charge is 0.254 e. The van der Waals surface area contributed by atoms with E-state index in [4.69, 9.17) is 10.5 Å². The molecule has 132 valence electrons. The molecule has 0 radical (unpaired) electrons. The molecule has 2 aromatic carbocycles. The fourth-order valence-corrected chi connectivity index (χ4v) is 2.54.